The van der Waals surface area contributed by atoms with Crippen molar-refractivity contribution in [3.63, 3.8) is 0 Å². The molecule has 1 aromatic carbocycles. The Morgan fingerprint density at radius 3 is 2.44 bits per heavy atom. The van der Waals surface area contributed by atoms with Crippen LogP contribution in [0.15, 0.2) is 24.3 Å². The first kappa shape index (κ1) is 6.85. The zero-order valence-electron chi connectivity index (χ0n) is 5.17. The quantitative estimate of drug-likeness (QED) is 0.578. The Morgan fingerprint density at radius 1 is 1.33 bits per heavy atom. The van der Waals surface area contributed by atoms with Gasteiger partial charge in [0.05, 0.1) is 0 Å². The van der Waals surface area contributed by atoms with E-state index in [-0.39, 0.29) is 0 Å². The number of benzene rings is 1. The van der Waals surface area contributed by atoms with E-state index in [1.54, 1.807) is 16.9 Å². The molecule has 0 radical (unpaired) electrons. The van der Waals surface area contributed by atoms with Crippen LogP contribution in [0.3, 0.4) is 0 Å². The second-order valence-corrected chi connectivity index (χ2v) is 3.21. The van der Waals surface area contributed by atoms with Gasteiger partial charge >= 0.3 is 63.3 Å². The van der Waals surface area contributed by atoms with Gasteiger partial charge in [-0.3, -0.25) is 0 Å². The summed E-state index contributed by atoms with van der Waals surface area (Å²) < 4.78 is 1.34. The van der Waals surface area contributed by atoms with Gasteiger partial charge < -0.3 is 0 Å². The van der Waals surface area contributed by atoms with Crippen molar-refractivity contribution in [2.75, 3.05) is 0 Å². The van der Waals surface area contributed by atoms with Crippen LogP contribution in [0.1, 0.15) is 5.56 Å². The summed E-state index contributed by atoms with van der Waals surface area (Å²) >= 11 is 1.64. The van der Waals surface area contributed by atoms with E-state index in [0.717, 1.165) is 0 Å². The molecule has 1 atom stereocenters. The molecule has 2 heteroatoms. The number of hydrogen-bond acceptors (Lipinski definition) is 1. The van der Waals surface area contributed by atoms with Crippen LogP contribution in [0.25, 0.3) is 0 Å². The Morgan fingerprint density at radius 2 is 2.00 bits per heavy atom. The van der Waals surface area contributed by atoms with Crippen LogP contribution in [0.5, 0.6) is 0 Å². The van der Waals surface area contributed by atoms with Crippen molar-refractivity contribution in [1.82, 2.24) is 0 Å². The van der Waals surface area contributed by atoms with Crippen LogP contribution in [0.4, 0.5) is 0 Å². The average Bonchev–Trinajstić information content (AvgIpc) is 1.89. The van der Waals surface area contributed by atoms with Crippen molar-refractivity contribution in [3.05, 3.63) is 29.8 Å². The van der Waals surface area contributed by atoms with Gasteiger partial charge in [-0.2, -0.15) is 0 Å². The van der Waals surface area contributed by atoms with Crippen molar-refractivity contribution < 1.29 is 0 Å². The van der Waals surface area contributed by atoms with E-state index in [2.05, 4.69) is 12.1 Å². The molecule has 0 aliphatic carbocycles. The topological polar surface area (TPSA) is 26.0 Å². The van der Waals surface area contributed by atoms with Crippen LogP contribution in [0.2, 0.25) is 0 Å². The van der Waals surface area contributed by atoms with E-state index in [1.165, 1.54) is 9.91 Å². The third-order valence-electron chi connectivity index (χ3n) is 1.28. The van der Waals surface area contributed by atoms with Gasteiger partial charge in [0, 0.05) is 0 Å². The minimum absolute atomic E-state index is 0.661. The molecule has 1 rings (SSSR count). The average molecular weight is 183 g/mol. The van der Waals surface area contributed by atoms with E-state index in [1.807, 2.05) is 12.1 Å². The fraction of sp³-hybridized carbons (Fsp3) is 0.143. The Labute approximate surface area is 63.8 Å². The molecule has 1 unspecified atom stereocenters. The van der Waals surface area contributed by atoms with Gasteiger partial charge in [-0.25, -0.2) is 0 Å². The molecule has 2 N–H and O–H groups in total. The molecule has 0 spiro atoms. The fourth-order valence-electron chi connectivity index (χ4n) is 0.720. The third kappa shape index (κ3) is 1.57. The minimum atomic E-state index is 0.661. The second kappa shape index (κ2) is 3.05. The summed E-state index contributed by atoms with van der Waals surface area (Å²) in [5, 5.41) is 0. The van der Waals surface area contributed by atoms with Crippen molar-refractivity contribution in [3.8, 4) is 0 Å². The Kier molecular flexibility index (Phi) is 2.32. The second-order valence-electron chi connectivity index (χ2n) is 1.90. The van der Waals surface area contributed by atoms with Crippen molar-refractivity contribution in [1.29, 1.82) is 0 Å². The van der Waals surface area contributed by atoms with E-state index >= 15 is 0 Å². The van der Waals surface area contributed by atoms with Gasteiger partial charge in [0.15, 0.2) is 0 Å². The predicted octanol–water partition coefficient (Wildman–Crippen LogP) is -0.596. The monoisotopic (exact) mass is 183 g/mol. The summed E-state index contributed by atoms with van der Waals surface area (Å²) in [7, 11) is 0. The maximum absolute atomic E-state index is 5.46. The van der Waals surface area contributed by atoms with Gasteiger partial charge in [-0.1, -0.05) is 0 Å². The first-order valence-corrected chi connectivity index (χ1v) is 4.09. The molecule has 0 fully saturated rings. The number of rotatable bonds is 1. The molecular weight excluding hydrogens is 173 g/mol. The van der Waals surface area contributed by atoms with Gasteiger partial charge in [0.2, 0.25) is 0 Å². The van der Waals surface area contributed by atoms with Crippen LogP contribution in [0, 0.1) is 0 Å². The van der Waals surface area contributed by atoms with Crippen molar-refractivity contribution >= 4 is 21.2 Å². The summed E-state index contributed by atoms with van der Waals surface area (Å²) in [6.07, 6.45) is 0. The van der Waals surface area contributed by atoms with E-state index in [4.69, 9.17) is 5.73 Å². The molecule has 0 bridgehead atoms. The van der Waals surface area contributed by atoms with E-state index in [9.17, 15) is 0 Å². The molecule has 0 saturated heterocycles. The summed E-state index contributed by atoms with van der Waals surface area (Å²) in [4.78, 5) is 0. The van der Waals surface area contributed by atoms with Gasteiger partial charge in [-0.05, 0) is 0 Å². The zero-order chi connectivity index (χ0) is 6.69. The first-order chi connectivity index (χ1) is 4.34. The Hall–Kier alpha value is -0.262. The third-order valence-corrected chi connectivity index (χ3v) is 2.46. The Balaban J connectivity index is 3.01. The summed E-state index contributed by atoms with van der Waals surface area (Å²) in [6, 6.07) is 8.22. The van der Waals surface area contributed by atoms with Crippen LogP contribution in [-0.2, 0) is 6.54 Å². The van der Waals surface area contributed by atoms with Crippen molar-refractivity contribution in [2.45, 2.75) is 6.54 Å². The molecule has 0 amide bonds. The molecule has 0 aliphatic rings. The SMILES string of the molecule is NCc1ccccc1[AsH2]. The zero-order valence-corrected chi connectivity index (χ0v) is 7.59. The molecule has 1 nitrogen and oxygen atoms in total. The molecule has 48 valence electrons. The van der Waals surface area contributed by atoms with Gasteiger partial charge in [-0.15, -0.1) is 0 Å². The van der Waals surface area contributed by atoms with E-state index < -0.39 is 0 Å². The van der Waals surface area contributed by atoms with Crippen LogP contribution in [-0.4, -0.2) is 16.9 Å². The maximum atomic E-state index is 5.46. The number of hydrogen-bond donors (Lipinski definition) is 1. The van der Waals surface area contributed by atoms with Crippen LogP contribution < -0.4 is 10.1 Å². The fourth-order valence-corrected chi connectivity index (χ4v) is 1.40. The number of nitrogens with two attached hydrogens (primary N) is 1. The van der Waals surface area contributed by atoms with E-state index in [0.29, 0.717) is 6.54 Å². The summed E-state index contributed by atoms with van der Waals surface area (Å²) in [5.74, 6) is 0. The predicted molar refractivity (Wildman–Crippen MR) is 42.5 cm³/mol. The molecule has 0 aliphatic heterocycles. The van der Waals surface area contributed by atoms with Crippen molar-refractivity contribution in [2.24, 2.45) is 5.73 Å². The van der Waals surface area contributed by atoms with Crippen LogP contribution >= 0.6 is 0 Å². The standard InChI is InChI=1S/C7H10AsN/c8-7-4-2-1-3-6(7)5-9/h1-4H,5,8-9H2. The van der Waals surface area contributed by atoms with Gasteiger partial charge in [0.25, 0.3) is 0 Å². The normalized spacial score (nSPS) is 9.56. The summed E-state index contributed by atoms with van der Waals surface area (Å²) in [5.41, 5.74) is 6.72. The molecular formula is C7H10AsN. The van der Waals surface area contributed by atoms with Gasteiger partial charge in [0.1, 0.15) is 0 Å². The molecule has 0 heterocycles. The molecule has 9 heavy (non-hydrogen) atoms. The Bertz CT molecular complexity index is 198. The molecule has 0 aromatic heterocycles. The first-order valence-electron chi connectivity index (χ1n) is 2.88. The molecule has 0 saturated carbocycles. The summed E-state index contributed by atoms with van der Waals surface area (Å²) in [6.45, 7) is 0.661. The molecule has 1 aromatic rings.